The van der Waals surface area contributed by atoms with Gasteiger partial charge in [0.15, 0.2) is 0 Å². The van der Waals surface area contributed by atoms with Crippen molar-refractivity contribution in [1.82, 2.24) is 4.90 Å². The molecule has 3 rings (SSSR count). The van der Waals surface area contributed by atoms with Gasteiger partial charge in [-0.15, -0.1) is 11.3 Å². The summed E-state index contributed by atoms with van der Waals surface area (Å²) in [5.41, 5.74) is 2.41. The Morgan fingerprint density at radius 1 is 1.39 bits per heavy atom. The Kier molecular flexibility index (Phi) is 5.10. The molecule has 0 aliphatic carbocycles. The van der Waals surface area contributed by atoms with Crippen LogP contribution in [-0.2, 0) is 17.7 Å². The van der Waals surface area contributed by atoms with E-state index in [0.717, 1.165) is 43.1 Å². The summed E-state index contributed by atoms with van der Waals surface area (Å²) < 4.78 is 5.89. The molecule has 1 aliphatic rings. The summed E-state index contributed by atoms with van der Waals surface area (Å²) in [4.78, 5) is 15.0. The lowest BCUT2D eigenvalue weighted by molar-refractivity contribution is -0.0305. The van der Waals surface area contributed by atoms with E-state index in [0.29, 0.717) is 4.88 Å². The highest BCUT2D eigenvalue weighted by atomic mass is 32.1. The quantitative estimate of drug-likeness (QED) is 0.914. The van der Waals surface area contributed by atoms with Gasteiger partial charge in [0, 0.05) is 24.5 Å². The first-order chi connectivity index (χ1) is 11.1. The molecule has 5 heteroatoms. The normalized spacial score (nSPS) is 18.9. The van der Waals surface area contributed by atoms with Crippen molar-refractivity contribution in [3.8, 4) is 0 Å². The number of nitrogens with zero attached hydrogens (tertiary/aromatic N) is 1. The second kappa shape index (κ2) is 7.25. The molecule has 1 fully saturated rings. The summed E-state index contributed by atoms with van der Waals surface area (Å²) in [6, 6.07) is 12.2. The highest BCUT2D eigenvalue weighted by molar-refractivity contribution is 7.14. The minimum Gasteiger partial charge on any atom is -0.477 e. The van der Waals surface area contributed by atoms with Crippen molar-refractivity contribution in [3.63, 3.8) is 0 Å². The monoisotopic (exact) mass is 331 g/mol. The van der Waals surface area contributed by atoms with E-state index in [2.05, 4.69) is 29.2 Å². The summed E-state index contributed by atoms with van der Waals surface area (Å²) in [5, 5.41) is 9.11. The van der Waals surface area contributed by atoms with Crippen LogP contribution in [0.15, 0.2) is 36.4 Å². The number of aromatic carboxylic acids is 1. The van der Waals surface area contributed by atoms with Crippen LogP contribution in [0, 0.1) is 6.92 Å². The molecular weight excluding hydrogens is 310 g/mol. The highest BCUT2D eigenvalue weighted by Gasteiger charge is 2.22. The SMILES string of the molecule is Cc1sc(C(=O)O)cc1CN1CCO[C@@H](Cc2ccccc2)C1. The average molecular weight is 331 g/mol. The van der Waals surface area contributed by atoms with Gasteiger partial charge in [-0.1, -0.05) is 30.3 Å². The zero-order valence-corrected chi connectivity index (χ0v) is 14.0. The smallest absolute Gasteiger partial charge is 0.345 e. The first-order valence-electron chi connectivity index (χ1n) is 7.82. The van der Waals surface area contributed by atoms with Crippen LogP contribution in [-0.4, -0.2) is 41.8 Å². The summed E-state index contributed by atoms with van der Waals surface area (Å²) >= 11 is 1.36. The predicted molar refractivity (Wildman–Crippen MR) is 91.2 cm³/mol. The highest BCUT2D eigenvalue weighted by Crippen LogP contribution is 2.24. The molecule has 0 saturated carbocycles. The molecule has 2 aromatic rings. The molecule has 0 amide bonds. The third kappa shape index (κ3) is 4.19. The molecule has 122 valence electrons. The third-order valence-electron chi connectivity index (χ3n) is 4.15. The minimum absolute atomic E-state index is 0.198. The van der Waals surface area contributed by atoms with Gasteiger partial charge < -0.3 is 9.84 Å². The van der Waals surface area contributed by atoms with Crippen LogP contribution in [0.1, 0.15) is 25.7 Å². The van der Waals surface area contributed by atoms with E-state index in [9.17, 15) is 4.79 Å². The fourth-order valence-corrected chi connectivity index (χ4v) is 3.82. The number of rotatable bonds is 5. The molecular formula is C18H21NO3S. The molecule has 4 nitrogen and oxygen atoms in total. The maximum absolute atomic E-state index is 11.1. The summed E-state index contributed by atoms with van der Waals surface area (Å²) in [6.07, 6.45) is 1.12. The van der Waals surface area contributed by atoms with Crippen LogP contribution in [0.5, 0.6) is 0 Å². The van der Waals surface area contributed by atoms with Crippen LogP contribution in [0.4, 0.5) is 0 Å². The molecule has 23 heavy (non-hydrogen) atoms. The van der Waals surface area contributed by atoms with Gasteiger partial charge in [0.25, 0.3) is 0 Å². The zero-order valence-electron chi connectivity index (χ0n) is 13.2. The molecule has 1 aromatic carbocycles. The number of morpholine rings is 1. The van der Waals surface area contributed by atoms with Crippen molar-refractivity contribution in [2.24, 2.45) is 0 Å². The summed E-state index contributed by atoms with van der Waals surface area (Å²) in [5.74, 6) is -0.840. The van der Waals surface area contributed by atoms with Crippen LogP contribution in [0.25, 0.3) is 0 Å². The predicted octanol–water partition coefficient (Wildman–Crippen LogP) is 3.20. The Bertz CT molecular complexity index is 668. The number of thiophene rings is 1. The molecule has 1 aromatic heterocycles. The molecule has 0 bridgehead atoms. The first-order valence-corrected chi connectivity index (χ1v) is 8.64. The lowest BCUT2D eigenvalue weighted by atomic mass is 10.1. The Balaban J connectivity index is 1.61. The topological polar surface area (TPSA) is 49.8 Å². The molecule has 1 saturated heterocycles. The number of carbonyl (C=O) groups is 1. The average Bonchev–Trinajstić information content (AvgIpc) is 2.90. The van der Waals surface area contributed by atoms with Crippen LogP contribution < -0.4 is 0 Å². The first kappa shape index (κ1) is 16.2. The Morgan fingerprint density at radius 2 is 2.17 bits per heavy atom. The standard InChI is InChI=1S/C18H21NO3S/c1-13-15(10-17(23-13)18(20)21)11-19-7-8-22-16(12-19)9-14-5-3-2-4-6-14/h2-6,10,16H,7-9,11-12H2,1H3,(H,20,21)/t16-/m0/s1. The fraction of sp³-hybridized carbons (Fsp3) is 0.389. The number of hydrogen-bond donors (Lipinski definition) is 1. The van der Waals surface area contributed by atoms with Gasteiger partial charge in [0.05, 0.1) is 12.7 Å². The summed E-state index contributed by atoms with van der Waals surface area (Å²) in [6.45, 7) is 5.29. The van der Waals surface area contributed by atoms with Crippen molar-refractivity contribution in [2.75, 3.05) is 19.7 Å². The van der Waals surface area contributed by atoms with Crippen molar-refractivity contribution in [3.05, 3.63) is 57.3 Å². The maximum Gasteiger partial charge on any atom is 0.345 e. The van der Waals surface area contributed by atoms with E-state index < -0.39 is 5.97 Å². The van der Waals surface area contributed by atoms with Gasteiger partial charge in [0.1, 0.15) is 4.88 Å². The second-order valence-corrected chi connectivity index (χ2v) is 7.17. The van der Waals surface area contributed by atoms with Crippen molar-refractivity contribution < 1.29 is 14.6 Å². The number of benzene rings is 1. The third-order valence-corrected chi connectivity index (χ3v) is 5.24. The Morgan fingerprint density at radius 3 is 2.87 bits per heavy atom. The van der Waals surface area contributed by atoms with Gasteiger partial charge >= 0.3 is 5.97 Å². The number of hydrogen-bond acceptors (Lipinski definition) is 4. The van der Waals surface area contributed by atoms with Gasteiger partial charge in [-0.2, -0.15) is 0 Å². The Hall–Kier alpha value is -1.69. The van der Waals surface area contributed by atoms with Crippen molar-refractivity contribution in [1.29, 1.82) is 0 Å². The van der Waals surface area contributed by atoms with Gasteiger partial charge in [0.2, 0.25) is 0 Å². The van der Waals surface area contributed by atoms with Crippen LogP contribution in [0.3, 0.4) is 0 Å². The molecule has 0 unspecified atom stereocenters. The van der Waals surface area contributed by atoms with E-state index in [1.165, 1.54) is 16.9 Å². The van der Waals surface area contributed by atoms with Crippen LogP contribution >= 0.6 is 11.3 Å². The molecule has 2 heterocycles. The van der Waals surface area contributed by atoms with Gasteiger partial charge in [-0.3, -0.25) is 4.90 Å². The maximum atomic E-state index is 11.1. The number of aryl methyl sites for hydroxylation is 1. The van der Waals surface area contributed by atoms with E-state index >= 15 is 0 Å². The largest absolute Gasteiger partial charge is 0.477 e. The van der Waals surface area contributed by atoms with Gasteiger partial charge in [-0.05, 0) is 30.5 Å². The zero-order chi connectivity index (χ0) is 16.2. The molecule has 1 N–H and O–H groups in total. The molecule has 1 aliphatic heterocycles. The fourth-order valence-electron chi connectivity index (χ4n) is 2.95. The van der Waals surface area contributed by atoms with Gasteiger partial charge in [-0.25, -0.2) is 4.79 Å². The van der Waals surface area contributed by atoms with E-state index in [1.54, 1.807) is 0 Å². The number of carboxylic acids is 1. The molecule has 0 radical (unpaired) electrons. The summed E-state index contributed by atoms with van der Waals surface area (Å²) in [7, 11) is 0. The second-order valence-electron chi connectivity index (χ2n) is 5.91. The van der Waals surface area contributed by atoms with Crippen LogP contribution in [0.2, 0.25) is 0 Å². The number of carboxylic acid groups (broad SMARTS) is 1. The van der Waals surface area contributed by atoms with E-state index in [4.69, 9.17) is 9.84 Å². The van der Waals surface area contributed by atoms with E-state index in [1.807, 2.05) is 19.1 Å². The van der Waals surface area contributed by atoms with E-state index in [-0.39, 0.29) is 6.10 Å². The van der Waals surface area contributed by atoms with Crippen molar-refractivity contribution in [2.45, 2.75) is 26.0 Å². The van der Waals surface area contributed by atoms with Crippen molar-refractivity contribution >= 4 is 17.3 Å². The molecule has 0 spiro atoms. The minimum atomic E-state index is -0.840. The lowest BCUT2D eigenvalue weighted by Gasteiger charge is -2.33. The molecule has 1 atom stereocenters. The Labute approximate surface area is 140 Å². The lowest BCUT2D eigenvalue weighted by Crippen LogP contribution is -2.42. The number of ether oxygens (including phenoxy) is 1.